The molecule has 1 unspecified atom stereocenters. The molecule has 0 saturated carbocycles. The first-order valence-corrected chi connectivity index (χ1v) is 8.57. The van der Waals surface area contributed by atoms with Gasteiger partial charge in [0.25, 0.3) is 5.56 Å². The Morgan fingerprint density at radius 1 is 1.33 bits per heavy atom. The van der Waals surface area contributed by atoms with Crippen molar-refractivity contribution in [1.82, 2.24) is 4.57 Å². The third-order valence-corrected chi connectivity index (χ3v) is 4.26. The summed E-state index contributed by atoms with van der Waals surface area (Å²) >= 11 is 0. The van der Waals surface area contributed by atoms with Crippen molar-refractivity contribution in [2.45, 2.75) is 46.3 Å². The Bertz CT molecular complexity index is 956. The maximum atomic E-state index is 13.1. The number of Topliss-reactive ketones (excluding diaryl/α,β-unsaturated/α-hetero) is 1. The van der Waals surface area contributed by atoms with Crippen LogP contribution in [0.1, 0.15) is 54.7 Å². The number of halogens is 1. The molecule has 0 aliphatic rings. The minimum Gasteiger partial charge on any atom is -0.494 e. The lowest BCUT2D eigenvalue weighted by molar-refractivity contribution is 0.0780. The summed E-state index contributed by atoms with van der Waals surface area (Å²) in [5, 5.41) is 19.9. The summed E-state index contributed by atoms with van der Waals surface area (Å²) < 4.78 is 19.7. The highest BCUT2D eigenvalue weighted by atomic mass is 19.1. The van der Waals surface area contributed by atoms with Gasteiger partial charge in [0, 0.05) is 6.04 Å². The van der Waals surface area contributed by atoms with E-state index < -0.39 is 35.2 Å². The molecule has 0 spiro atoms. The van der Waals surface area contributed by atoms with Crippen LogP contribution in [0.25, 0.3) is 0 Å². The van der Waals surface area contributed by atoms with E-state index in [0.717, 1.165) is 4.57 Å². The number of ether oxygens (including phenoxy) is 1. The molecule has 0 saturated heterocycles. The molecule has 0 aliphatic carbocycles. The minimum absolute atomic E-state index is 0.114. The molecule has 1 N–H and O–H groups in total. The number of ketones is 1. The average molecular weight is 372 g/mol. The fraction of sp³-hybridized carbons (Fsp3) is 0.350. The summed E-state index contributed by atoms with van der Waals surface area (Å²) in [5.41, 5.74) is -0.843. The van der Waals surface area contributed by atoms with Crippen LogP contribution in [0.3, 0.4) is 0 Å². The zero-order chi connectivity index (χ0) is 20.3. The monoisotopic (exact) mass is 372 g/mol. The van der Waals surface area contributed by atoms with Crippen molar-refractivity contribution in [3.05, 3.63) is 57.1 Å². The third-order valence-electron chi connectivity index (χ3n) is 4.26. The van der Waals surface area contributed by atoms with E-state index in [1.807, 2.05) is 6.07 Å². The molecule has 2 aromatic rings. The second-order valence-corrected chi connectivity index (χ2v) is 6.41. The van der Waals surface area contributed by atoms with Gasteiger partial charge >= 0.3 is 0 Å². The van der Waals surface area contributed by atoms with Crippen molar-refractivity contribution in [2.24, 2.45) is 0 Å². The van der Waals surface area contributed by atoms with Crippen LogP contribution in [0.4, 0.5) is 4.39 Å². The maximum absolute atomic E-state index is 13.1. The molecule has 0 fully saturated rings. The molecule has 27 heavy (non-hydrogen) atoms. The first kappa shape index (κ1) is 20.2. The van der Waals surface area contributed by atoms with E-state index >= 15 is 0 Å². The molecule has 7 heteroatoms. The van der Waals surface area contributed by atoms with Crippen LogP contribution in [0.15, 0.2) is 29.1 Å². The molecular formula is C20H21FN2O4. The lowest BCUT2D eigenvalue weighted by Gasteiger charge is -2.21. The number of aromatic hydroxyl groups is 1. The summed E-state index contributed by atoms with van der Waals surface area (Å²) in [4.78, 5) is 25.5. The maximum Gasteiger partial charge on any atom is 0.271 e. The molecule has 1 atom stereocenters. The zero-order valence-electron chi connectivity index (χ0n) is 15.6. The van der Waals surface area contributed by atoms with Crippen LogP contribution in [-0.4, -0.2) is 21.6 Å². The first-order valence-electron chi connectivity index (χ1n) is 8.57. The SMILES string of the molecule is CCC(Oc1ccc(F)cc1)C(=O)c1c(C)c(C#N)c(=O)n(C(C)C)c1O. The van der Waals surface area contributed by atoms with Gasteiger partial charge in [-0.15, -0.1) is 0 Å². The van der Waals surface area contributed by atoms with E-state index in [1.54, 1.807) is 20.8 Å². The predicted octanol–water partition coefficient (Wildman–Crippen LogP) is 3.49. The molecule has 0 amide bonds. The number of hydrogen-bond donors (Lipinski definition) is 1. The molecule has 142 valence electrons. The molecule has 1 heterocycles. The molecule has 0 aliphatic heterocycles. The number of benzene rings is 1. The van der Waals surface area contributed by atoms with E-state index in [0.29, 0.717) is 5.75 Å². The number of hydrogen-bond acceptors (Lipinski definition) is 5. The van der Waals surface area contributed by atoms with Gasteiger partial charge in [0.05, 0.1) is 5.56 Å². The van der Waals surface area contributed by atoms with Gasteiger partial charge in [-0.05, 0) is 57.0 Å². The van der Waals surface area contributed by atoms with Crippen LogP contribution < -0.4 is 10.3 Å². The van der Waals surface area contributed by atoms with E-state index in [4.69, 9.17) is 4.74 Å². The van der Waals surface area contributed by atoms with E-state index in [9.17, 15) is 24.3 Å². The minimum atomic E-state index is -0.968. The molecule has 0 bridgehead atoms. The lowest BCUT2D eigenvalue weighted by atomic mass is 9.97. The fourth-order valence-corrected chi connectivity index (χ4v) is 2.86. The normalized spacial score (nSPS) is 11.9. The number of rotatable bonds is 6. The van der Waals surface area contributed by atoms with Gasteiger partial charge in [-0.25, -0.2) is 4.39 Å². The number of carbonyl (C=O) groups is 1. The number of carbonyl (C=O) groups excluding carboxylic acids is 1. The van der Waals surface area contributed by atoms with Crippen molar-refractivity contribution in [3.8, 4) is 17.7 Å². The largest absolute Gasteiger partial charge is 0.494 e. The van der Waals surface area contributed by atoms with Crippen LogP contribution in [0.5, 0.6) is 11.6 Å². The van der Waals surface area contributed by atoms with Crippen molar-refractivity contribution in [1.29, 1.82) is 5.26 Å². The topological polar surface area (TPSA) is 92.3 Å². The van der Waals surface area contributed by atoms with E-state index in [1.165, 1.54) is 31.2 Å². The predicted molar refractivity (Wildman–Crippen MR) is 97.6 cm³/mol. The number of pyridine rings is 1. The van der Waals surface area contributed by atoms with Gasteiger partial charge in [0.1, 0.15) is 23.2 Å². The third kappa shape index (κ3) is 3.85. The molecule has 6 nitrogen and oxygen atoms in total. The van der Waals surface area contributed by atoms with E-state index in [-0.39, 0.29) is 23.1 Å². The Morgan fingerprint density at radius 2 is 1.93 bits per heavy atom. The van der Waals surface area contributed by atoms with Crippen LogP contribution >= 0.6 is 0 Å². The summed E-state index contributed by atoms with van der Waals surface area (Å²) in [6, 6.07) is 6.58. The van der Waals surface area contributed by atoms with Crippen molar-refractivity contribution in [3.63, 3.8) is 0 Å². The molecule has 1 aromatic carbocycles. The summed E-state index contributed by atoms with van der Waals surface area (Å²) in [5.74, 6) is -1.18. The second-order valence-electron chi connectivity index (χ2n) is 6.41. The van der Waals surface area contributed by atoms with Crippen molar-refractivity contribution in [2.75, 3.05) is 0 Å². The van der Waals surface area contributed by atoms with Crippen molar-refractivity contribution >= 4 is 5.78 Å². The summed E-state index contributed by atoms with van der Waals surface area (Å²) in [6.07, 6.45) is -0.692. The molecule has 1 aromatic heterocycles. The first-order chi connectivity index (χ1) is 12.7. The standard InChI is InChI=1S/C20H21FN2O4/c1-5-16(27-14-8-6-13(21)7-9-14)18(24)17-12(4)15(10-22)19(25)23(11(2)3)20(17)26/h6-9,11,16,26H,5H2,1-4H3. The smallest absolute Gasteiger partial charge is 0.271 e. The summed E-state index contributed by atoms with van der Waals surface area (Å²) in [7, 11) is 0. The highest BCUT2D eigenvalue weighted by Crippen LogP contribution is 2.27. The van der Waals surface area contributed by atoms with E-state index in [2.05, 4.69) is 0 Å². The van der Waals surface area contributed by atoms with Gasteiger partial charge < -0.3 is 9.84 Å². The van der Waals surface area contributed by atoms with Gasteiger partial charge in [-0.3, -0.25) is 14.2 Å². The summed E-state index contributed by atoms with van der Waals surface area (Å²) in [6.45, 7) is 6.50. The quantitative estimate of drug-likeness (QED) is 0.784. The highest BCUT2D eigenvalue weighted by molar-refractivity contribution is 6.03. The Balaban J connectivity index is 2.56. The molecule has 0 radical (unpaired) electrons. The van der Waals surface area contributed by atoms with Crippen LogP contribution in [-0.2, 0) is 0 Å². The number of nitriles is 1. The Labute approximate surface area is 156 Å². The Kier molecular flexibility index (Phi) is 6.01. The second kappa shape index (κ2) is 8.04. The highest BCUT2D eigenvalue weighted by Gasteiger charge is 2.30. The number of aromatic nitrogens is 1. The fourth-order valence-electron chi connectivity index (χ4n) is 2.86. The Hall–Kier alpha value is -3.14. The molecule has 2 rings (SSSR count). The van der Waals surface area contributed by atoms with Gasteiger partial charge in [0.2, 0.25) is 11.7 Å². The van der Waals surface area contributed by atoms with Crippen molar-refractivity contribution < 1.29 is 19.0 Å². The van der Waals surface area contributed by atoms with Gasteiger partial charge in [0.15, 0.2) is 6.10 Å². The number of nitrogens with zero attached hydrogens (tertiary/aromatic N) is 2. The van der Waals surface area contributed by atoms with Gasteiger partial charge in [-0.1, -0.05) is 6.92 Å². The van der Waals surface area contributed by atoms with Crippen LogP contribution in [0, 0.1) is 24.1 Å². The van der Waals surface area contributed by atoms with Gasteiger partial charge in [-0.2, -0.15) is 5.26 Å². The van der Waals surface area contributed by atoms with Crippen LogP contribution in [0.2, 0.25) is 0 Å². The average Bonchev–Trinajstić information content (AvgIpc) is 2.61. The lowest BCUT2D eigenvalue weighted by Crippen LogP contribution is -2.32. The zero-order valence-corrected chi connectivity index (χ0v) is 15.6. The molecular weight excluding hydrogens is 351 g/mol. The Morgan fingerprint density at radius 3 is 2.41 bits per heavy atom.